The van der Waals surface area contributed by atoms with Crippen LogP contribution in [0.3, 0.4) is 0 Å². The van der Waals surface area contributed by atoms with Gasteiger partial charge in [0.15, 0.2) is 8.32 Å². The number of halogens is 1. The number of fused-ring (bicyclic) bond motifs is 2. The van der Waals surface area contributed by atoms with Crippen LogP contribution in [0.25, 0.3) is 0 Å². The van der Waals surface area contributed by atoms with Crippen LogP contribution in [0.4, 0.5) is 5.82 Å². The van der Waals surface area contributed by atoms with Gasteiger partial charge >= 0.3 is 0 Å². The number of carbonyl (C=O) groups excluding carboxylic acids is 1. The molecule has 5 nitrogen and oxygen atoms in total. The minimum Gasteiger partial charge on any atom is -0.410 e. The van der Waals surface area contributed by atoms with Crippen LogP contribution in [0.1, 0.15) is 65.4 Å². The summed E-state index contributed by atoms with van der Waals surface area (Å²) in [5, 5.41) is 0.212. The molecule has 2 atom stereocenters. The molecule has 1 aromatic heterocycles. The van der Waals surface area contributed by atoms with E-state index in [4.69, 9.17) is 16.0 Å². The number of anilines is 1. The first kappa shape index (κ1) is 19.3. The Balaban J connectivity index is 1.72. The molecule has 2 fully saturated rings. The molecule has 3 aliphatic rings. The summed E-state index contributed by atoms with van der Waals surface area (Å²) in [6, 6.07) is 3.38. The van der Waals surface area contributed by atoms with Crippen LogP contribution in [-0.2, 0) is 14.6 Å². The highest BCUT2D eigenvalue weighted by Crippen LogP contribution is 2.58. The molecule has 1 amide bonds. The quantitative estimate of drug-likeness (QED) is 0.500. The van der Waals surface area contributed by atoms with Crippen LogP contribution in [0.5, 0.6) is 0 Å². The standard InChI is InChI=1S/C20H30ClN3O2Si/c1-5-27(6-2,7-3)26-19(4)10-8-9-15(19)24-16-14(13-22-18(21)23-16)20(11-12-20)17(24)25/h13,15H,5-12H2,1-4H3/t15-,19-/m0/s1. The van der Waals surface area contributed by atoms with Crippen molar-refractivity contribution in [1.29, 1.82) is 0 Å². The van der Waals surface area contributed by atoms with Crippen LogP contribution in [0, 0.1) is 0 Å². The number of nitrogens with zero attached hydrogens (tertiary/aromatic N) is 3. The smallest absolute Gasteiger partial charge is 0.239 e. The molecule has 2 saturated carbocycles. The Morgan fingerprint density at radius 3 is 2.52 bits per heavy atom. The van der Waals surface area contributed by atoms with Gasteiger partial charge < -0.3 is 4.43 Å². The Morgan fingerprint density at radius 2 is 1.93 bits per heavy atom. The maximum absolute atomic E-state index is 13.5. The Morgan fingerprint density at radius 1 is 1.26 bits per heavy atom. The molecular formula is C20H30ClN3O2Si. The molecule has 0 bridgehead atoms. The van der Waals surface area contributed by atoms with Crippen molar-refractivity contribution in [2.75, 3.05) is 4.90 Å². The Kier molecular flexibility index (Phi) is 4.68. The van der Waals surface area contributed by atoms with Crippen LogP contribution in [0.2, 0.25) is 23.4 Å². The molecule has 0 N–H and O–H groups in total. The van der Waals surface area contributed by atoms with Gasteiger partial charge in [-0.2, -0.15) is 4.98 Å². The lowest BCUT2D eigenvalue weighted by atomic mass is 9.98. The van der Waals surface area contributed by atoms with Crippen molar-refractivity contribution in [3.63, 3.8) is 0 Å². The number of carbonyl (C=O) groups is 1. The van der Waals surface area contributed by atoms with E-state index in [-0.39, 0.29) is 22.8 Å². The second kappa shape index (κ2) is 6.53. The zero-order valence-corrected chi connectivity index (χ0v) is 18.6. The molecule has 1 spiro atoms. The topological polar surface area (TPSA) is 55.3 Å². The third-order valence-electron chi connectivity index (χ3n) is 7.41. The molecular weight excluding hydrogens is 378 g/mol. The highest BCUT2D eigenvalue weighted by atomic mass is 35.5. The van der Waals surface area contributed by atoms with Crippen LogP contribution in [0.15, 0.2) is 6.20 Å². The number of amides is 1. The van der Waals surface area contributed by atoms with Gasteiger partial charge in [0.1, 0.15) is 5.82 Å². The summed E-state index contributed by atoms with van der Waals surface area (Å²) in [6.45, 7) is 9.00. The first-order valence-corrected chi connectivity index (χ1v) is 13.3. The molecule has 2 heterocycles. The second-order valence-electron chi connectivity index (χ2n) is 8.70. The van der Waals surface area contributed by atoms with Gasteiger partial charge in [-0.05, 0) is 68.8 Å². The third kappa shape index (κ3) is 2.78. The van der Waals surface area contributed by atoms with Crippen molar-refractivity contribution in [1.82, 2.24) is 9.97 Å². The van der Waals surface area contributed by atoms with Crippen molar-refractivity contribution in [2.24, 2.45) is 0 Å². The molecule has 1 aromatic rings. The molecule has 0 radical (unpaired) electrons. The summed E-state index contributed by atoms with van der Waals surface area (Å²) in [7, 11) is -1.79. The molecule has 2 aliphatic carbocycles. The molecule has 0 aromatic carbocycles. The Hall–Kier alpha value is -0.983. The van der Waals surface area contributed by atoms with E-state index in [9.17, 15) is 4.79 Å². The molecule has 0 saturated heterocycles. The van der Waals surface area contributed by atoms with E-state index in [1.807, 2.05) is 4.90 Å². The summed E-state index contributed by atoms with van der Waals surface area (Å²) in [6.07, 6.45) is 6.59. The maximum Gasteiger partial charge on any atom is 0.239 e. The zero-order chi connectivity index (χ0) is 19.4. The molecule has 27 heavy (non-hydrogen) atoms. The fraction of sp³-hybridized carbons (Fsp3) is 0.750. The van der Waals surface area contributed by atoms with Gasteiger partial charge in [-0.1, -0.05) is 20.8 Å². The first-order chi connectivity index (χ1) is 12.8. The van der Waals surface area contributed by atoms with Crippen molar-refractivity contribution in [3.05, 3.63) is 17.0 Å². The largest absolute Gasteiger partial charge is 0.410 e. The third-order valence-corrected chi connectivity index (χ3v) is 12.4. The Labute approximate surface area is 168 Å². The van der Waals surface area contributed by atoms with Gasteiger partial charge in [-0.15, -0.1) is 0 Å². The van der Waals surface area contributed by atoms with E-state index >= 15 is 0 Å². The van der Waals surface area contributed by atoms with E-state index in [0.717, 1.165) is 61.6 Å². The first-order valence-electron chi connectivity index (χ1n) is 10.4. The summed E-state index contributed by atoms with van der Waals surface area (Å²) in [5.74, 6) is 0.920. The van der Waals surface area contributed by atoms with Gasteiger partial charge in [0.05, 0.1) is 17.1 Å². The minimum atomic E-state index is -1.79. The summed E-state index contributed by atoms with van der Waals surface area (Å²) in [5.41, 5.74) is 0.271. The van der Waals surface area contributed by atoms with E-state index in [0.29, 0.717) is 0 Å². The molecule has 4 rings (SSSR count). The fourth-order valence-electron chi connectivity index (χ4n) is 5.31. The van der Waals surface area contributed by atoms with E-state index in [2.05, 4.69) is 37.7 Å². The summed E-state index contributed by atoms with van der Waals surface area (Å²) >= 11 is 6.12. The van der Waals surface area contributed by atoms with Crippen molar-refractivity contribution in [3.8, 4) is 0 Å². The monoisotopic (exact) mass is 407 g/mol. The lowest BCUT2D eigenvalue weighted by molar-refractivity contribution is -0.121. The highest BCUT2D eigenvalue weighted by molar-refractivity contribution is 6.73. The minimum absolute atomic E-state index is 0.0335. The zero-order valence-electron chi connectivity index (χ0n) is 16.8. The Bertz CT molecular complexity index is 757. The molecule has 7 heteroatoms. The SMILES string of the molecule is CC[Si](CC)(CC)O[C@@]1(C)CCC[C@@H]1N1C(=O)C2(CC2)c2cnc(Cl)nc21. The maximum atomic E-state index is 13.5. The highest BCUT2D eigenvalue weighted by Gasteiger charge is 2.63. The molecule has 0 unspecified atom stereocenters. The van der Waals surface area contributed by atoms with Gasteiger partial charge in [0, 0.05) is 11.8 Å². The number of hydrogen-bond donors (Lipinski definition) is 0. The lowest BCUT2D eigenvalue weighted by Gasteiger charge is -2.44. The van der Waals surface area contributed by atoms with Crippen molar-refractivity contribution in [2.45, 2.75) is 95.0 Å². The van der Waals surface area contributed by atoms with Crippen LogP contribution in [-0.4, -0.2) is 35.8 Å². The normalized spacial score (nSPS) is 28.9. The van der Waals surface area contributed by atoms with Gasteiger partial charge in [0.25, 0.3) is 0 Å². The lowest BCUT2D eigenvalue weighted by Crippen LogP contribution is -2.56. The number of hydrogen-bond acceptors (Lipinski definition) is 4. The molecule has 148 valence electrons. The van der Waals surface area contributed by atoms with Crippen molar-refractivity contribution < 1.29 is 9.22 Å². The van der Waals surface area contributed by atoms with Gasteiger partial charge in [-0.3, -0.25) is 9.69 Å². The van der Waals surface area contributed by atoms with E-state index < -0.39 is 13.7 Å². The van der Waals surface area contributed by atoms with Crippen LogP contribution < -0.4 is 4.90 Å². The van der Waals surface area contributed by atoms with E-state index in [1.54, 1.807) is 6.20 Å². The fourth-order valence-corrected chi connectivity index (χ4v) is 8.60. The average Bonchev–Trinajstić information content (AvgIpc) is 3.34. The van der Waals surface area contributed by atoms with Crippen molar-refractivity contribution >= 4 is 31.6 Å². The summed E-state index contributed by atoms with van der Waals surface area (Å²) in [4.78, 5) is 24.1. The number of rotatable bonds is 6. The molecule has 1 aliphatic heterocycles. The predicted octanol–water partition coefficient (Wildman–Crippen LogP) is 4.84. The van der Waals surface area contributed by atoms with Gasteiger partial charge in [0.2, 0.25) is 11.2 Å². The van der Waals surface area contributed by atoms with Gasteiger partial charge in [-0.25, -0.2) is 4.98 Å². The van der Waals surface area contributed by atoms with E-state index in [1.165, 1.54) is 0 Å². The number of aromatic nitrogens is 2. The summed E-state index contributed by atoms with van der Waals surface area (Å²) < 4.78 is 7.01. The average molecular weight is 408 g/mol. The predicted molar refractivity (Wildman–Crippen MR) is 110 cm³/mol. The second-order valence-corrected chi connectivity index (χ2v) is 13.7. The van der Waals surface area contributed by atoms with Crippen LogP contribution >= 0.6 is 11.6 Å².